The van der Waals surface area contributed by atoms with Gasteiger partial charge in [-0.3, -0.25) is 4.79 Å². The summed E-state index contributed by atoms with van der Waals surface area (Å²) in [6.07, 6.45) is 3.88. The highest BCUT2D eigenvalue weighted by Gasteiger charge is 2.18. The number of halogens is 1. The third-order valence-electron chi connectivity index (χ3n) is 3.69. The number of fused-ring (bicyclic) bond motifs is 1. The minimum Gasteiger partial charge on any atom is -0.481 e. The monoisotopic (exact) mass is 361 g/mol. The summed E-state index contributed by atoms with van der Waals surface area (Å²) in [5.74, 6) is 0.117. The SMILES string of the molecule is CC[C@H](Oc1cc2onc(CCC(=O)O)c2cc1Cl)c1ncccn1. The highest BCUT2D eigenvalue weighted by molar-refractivity contribution is 6.32. The number of carboxylic acids is 1. The van der Waals surface area contributed by atoms with Crippen LogP contribution in [0.2, 0.25) is 5.02 Å². The molecule has 0 aliphatic rings. The number of hydrogen-bond acceptors (Lipinski definition) is 6. The molecular weight excluding hydrogens is 346 g/mol. The van der Waals surface area contributed by atoms with Gasteiger partial charge in [-0.25, -0.2) is 9.97 Å². The van der Waals surface area contributed by atoms with Gasteiger partial charge in [-0.05, 0) is 18.6 Å². The summed E-state index contributed by atoms with van der Waals surface area (Å²) in [6.45, 7) is 1.96. The maximum absolute atomic E-state index is 10.7. The summed E-state index contributed by atoms with van der Waals surface area (Å²) in [4.78, 5) is 19.1. The van der Waals surface area contributed by atoms with Crippen LogP contribution in [0.15, 0.2) is 35.1 Å². The first kappa shape index (κ1) is 17.2. The van der Waals surface area contributed by atoms with Crippen molar-refractivity contribution in [3.05, 3.63) is 47.1 Å². The van der Waals surface area contributed by atoms with Crippen LogP contribution >= 0.6 is 11.6 Å². The summed E-state index contributed by atoms with van der Waals surface area (Å²) in [6, 6.07) is 5.07. The van der Waals surface area contributed by atoms with Gasteiger partial charge in [0, 0.05) is 30.3 Å². The molecule has 0 bridgehead atoms. The summed E-state index contributed by atoms with van der Waals surface area (Å²) in [5.41, 5.74) is 1.05. The van der Waals surface area contributed by atoms with Gasteiger partial charge in [0.05, 0.1) is 17.1 Å². The smallest absolute Gasteiger partial charge is 0.303 e. The lowest BCUT2D eigenvalue weighted by atomic mass is 10.1. The van der Waals surface area contributed by atoms with Crippen LogP contribution in [0.3, 0.4) is 0 Å². The number of carbonyl (C=O) groups is 1. The Bertz CT molecular complexity index is 882. The Kier molecular flexibility index (Phi) is 5.14. The molecule has 2 heterocycles. The minimum absolute atomic E-state index is 0.0270. The fraction of sp³-hybridized carbons (Fsp3) is 0.294. The predicted molar refractivity (Wildman–Crippen MR) is 90.7 cm³/mol. The van der Waals surface area contributed by atoms with E-state index in [2.05, 4.69) is 15.1 Å². The standard InChI is InChI=1S/C17H16ClN3O4/c1-2-13(17-19-6-3-7-20-17)24-15-9-14-10(8-11(15)18)12(21-25-14)4-5-16(22)23/h3,6-9,13H,2,4-5H2,1H3,(H,22,23)/t13-/m0/s1. The molecule has 0 amide bonds. The number of hydrogen-bond donors (Lipinski definition) is 1. The van der Waals surface area contributed by atoms with Gasteiger partial charge in [0.25, 0.3) is 0 Å². The van der Waals surface area contributed by atoms with Crippen molar-refractivity contribution in [3.8, 4) is 5.75 Å². The number of aryl methyl sites for hydroxylation is 1. The topological polar surface area (TPSA) is 98.3 Å². The molecule has 0 aliphatic heterocycles. The van der Waals surface area contributed by atoms with Crippen LogP contribution in [0.5, 0.6) is 5.75 Å². The molecule has 0 fully saturated rings. The average molecular weight is 362 g/mol. The second-order valence-electron chi connectivity index (χ2n) is 5.42. The molecule has 0 aliphatic carbocycles. The van der Waals surface area contributed by atoms with Gasteiger partial charge in [0.15, 0.2) is 17.5 Å². The molecule has 0 unspecified atom stereocenters. The molecule has 25 heavy (non-hydrogen) atoms. The fourth-order valence-corrected chi connectivity index (χ4v) is 2.64. The van der Waals surface area contributed by atoms with Gasteiger partial charge in [-0.15, -0.1) is 0 Å². The number of nitrogens with zero attached hydrogens (tertiary/aromatic N) is 3. The normalized spacial score (nSPS) is 12.2. The van der Waals surface area contributed by atoms with E-state index < -0.39 is 5.97 Å². The van der Waals surface area contributed by atoms with E-state index >= 15 is 0 Å². The summed E-state index contributed by atoms with van der Waals surface area (Å²) < 4.78 is 11.2. The van der Waals surface area contributed by atoms with E-state index in [1.54, 1.807) is 30.6 Å². The Balaban J connectivity index is 1.87. The van der Waals surface area contributed by atoms with E-state index in [1.165, 1.54) is 0 Å². The number of benzene rings is 1. The van der Waals surface area contributed by atoms with E-state index in [0.717, 1.165) is 0 Å². The number of rotatable bonds is 7. The van der Waals surface area contributed by atoms with Crippen LogP contribution < -0.4 is 4.74 Å². The number of carboxylic acid groups (broad SMARTS) is 1. The Morgan fingerprint density at radius 2 is 2.12 bits per heavy atom. The van der Waals surface area contributed by atoms with Gasteiger partial charge in [-0.1, -0.05) is 23.7 Å². The van der Waals surface area contributed by atoms with Crippen LogP contribution in [-0.4, -0.2) is 26.2 Å². The largest absolute Gasteiger partial charge is 0.481 e. The van der Waals surface area contributed by atoms with Gasteiger partial charge in [0.1, 0.15) is 5.75 Å². The summed E-state index contributed by atoms with van der Waals surface area (Å²) in [5, 5.41) is 13.8. The quantitative estimate of drug-likeness (QED) is 0.682. The van der Waals surface area contributed by atoms with Crippen LogP contribution in [0.1, 0.15) is 37.4 Å². The van der Waals surface area contributed by atoms with Crippen molar-refractivity contribution in [2.45, 2.75) is 32.3 Å². The Morgan fingerprint density at radius 3 is 2.80 bits per heavy atom. The Morgan fingerprint density at radius 1 is 1.36 bits per heavy atom. The first-order chi connectivity index (χ1) is 12.1. The molecule has 7 nitrogen and oxygen atoms in total. The number of aliphatic carboxylic acids is 1. The van der Waals surface area contributed by atoms with Crippen molar-refractivity contribution in [2.75, 3.05) is 0 Å². The number of aromatic nitrogens is 3. The molecular formula is C17H16ClN3O4. The molecule has 130 valence electrons. The molecule has 3 aromatic rings. The lowest BCUT2D eigenvalue weighted by Crippen LogP contribution is -2.10. The Hall–Kier alpha value is -2.67. The van der Waals surface area contributed by atoms with Crippen LogP contribution in [0.25, 0.3) is 11.0 Å². The van der Waals surface area contributed by atoms with Crippen molar-refractivity contribution >= 4 is 28.5 Å². The molecule has 0 saturated carbocycles. The van der Waals surface area contributed by atoms with Crippen LogP contribution in [0.4, 0.5) is 0 Å². The molecule has 2 aromatic heterocycles. The maximum atomic E-state index is 10.7. The lowest BCUT2D eigenvalue weighted by Gasteiger charge is -2.16. The van der Waals surface area contributed by atoms with Crippen molar-refractivity contribution < 1.29 is 19.2 Å². The van der Waals surface area contributed by atoms with Crippen molar-refractivity contribution in [3.63, 3.8) is 0 Å². The fourth-order valence-electron chi connectivity index (χ4n) is 2.43. The third kappa shape index (κ3) is 3.88. The minimum atomic E-state index is -0.893. The first-order valence-electron chi connectivity index (χ1n) is 7.81. The van der Waals surface area contributed by atoms with E-state index in [-0.39, 0.29) is 18.9 Å². The zero-order valence-electron chi connectivity index (χ0n) is 13.5. The molecule has 3 rings (SSSR count). The second kappa shape index (κ2) is 7.48. The van der Waals surface area contributed by atoms with E-state index in [4.69, 9.17) is 26.0 Å². The van der Waals surface area contributed by atoms with Crippen LogP contribution in [0, 0.1) is 0 Å². The first-order valence-corrected chi connectivity index (χ1v) is 8.19. The molecule has 1 atom stereocenters. The molecule has 8 heteroatoms. The van der Waals surface area contributed by atoms with E-state index in [1.807, 2.05) is 6.92 Å². The molecule has 0 spiro atoms. The molecule has 0 radical (unpaired) electrons. The van der Waals surface area contributed by atoms with Crippen molar-refractivity contribution in [2.24, 2.45) is 0 Å². The second-order valence-corrected chi connectivity index (χ2v) is 5.83. The van der Waals surface area contributed by atoms with Gasteiger partial charge < -0.3 is 14.4 Å². The van der Waals surface area contributed by atoms with Gasteiger partial charge in [-0.2, -0.15) is 0 Å². The molecule has 1 N–H and O–H groups in total. The zero-order chi connectivity index (χ0) is 17.8. The van der Waals surface area contributed by atoms with E-state index in [0.29, 0.717) is 39.7 Å². The highest BCUT2D eigenvalue weighted by atomic mass is 35.5. The van der Waals surface area contributed by atoms with E-state index in [9.17, 15) is 4.79 Å². The van der Waals surface area contributed by atoms with Gasteiger partial charge in [0.2, 0.25) is 0 Å². The van der Waals surface area contributed by atoms with Gasteiger partial charge >= 0.3 is 5.97 Å². The van der Waals surface area contributed by atoms with Crippen molar-refractivity contribution in [1.29, 1.82) is 0 Å². The third-order valence-corrected chi connectivity index (χ3v) is 3.98. The predicted octanol–water partition coefficient (Wildman–Crippen LogP) is 3.82. The molecule has 0 saturated heterocycles. The zero-order valence-corrected chi connectivity index (χ0v) is 14.2. The summed E-state index contributed by atoms with van der Waals surface area (Å²) >= 11 is 6.33. The summed E-state index contributed by atoms with van der Waals surface area (Å²) in [7, 11) is 0. The average Bonchev–Trinajstić information content (AvgIpc) is 3.00. The number of ether oxygens (including phenoxy) is 1. The maximum Gasteiger partial charge on any atom is 0.303 e. The van der Waals surface area contributed by atoms with Crippen LogP contribution in [-0.2, 0) is 11.2 Å². The molecule has 1 aromatic carbocycles. The Labute approximate surface area is 148 Å². The van der Waals surface area contributed by atoms with Crippen molar-refractivity contribution in [1.82, 2.24) is 15.1 Å². The highest BCUT2D eigenvalue weighted by Crippen LogP contribution is 2.35. The lowest BCUT2D eigenvalue weighted by molar-refractivity contribution is -0.136.